The summed E-state index contributed by atoms with van der Waals surface area (Å²) >= 11 is 0. The van der Waals surface area contributed by atoms with Gasteiger partial charge in [-0.3, -0.25) is 38.4 Å². The van der Waals surface area contributed by atoms with E-state index in [1.807, 2.05) is 0 Å². The minimum atomic E-state index is -1.81. The number of primary amides is 1. The summed E-state index contributed by atoms with van der Waals surface area (Å²) in [4.78, 5) is 99.9. The van der Waals surface area contributed by atoms with Gasteiger partial charge in [0.15, 0.2) is 0 Å². The first kappa shape index (κ1) is 43.6. The Morgan fingerprint density at radius 1 is 0.686 bits per heavy atom. The highest BCUT2D eigenvalue weighted by Crippen LogP contribution is 2.12. The van der Waals surface area contributed by atoms with Crippen LogP contribution in [0.5, 0.6) is 5.75 Å². The number of benzene rings is 1. The fourth-order valence-corrected chi connectivity index (χ4v) is 4.30. The van der Waals surface area contributed by atoms with Crippen LogP contribution < -0.4 is 43.4 Å². The van der Waals surface area contributed by atoms with Gasteiger partial charge in [0.25, 0.3) is 0 Å². The van der Waals surface area contributed by atoms with Gasteiger partial charge < -0.3 is 68.9 Å². The molecule has 21 heteroatoms. The molecule has 0 spiro atoms. The summed E-state index contributed by atoms with van der Waals surface area (Å²) in [5.74, 6) is -8.59. The van der Waals surface area contributed by atoms with Crippen LogP contribution in [-0.2, 0) is 44.8 Å². The van der Waals surface area contributed by atoms with Crippen molar-refractivity contribution in [2.45, 2.75) is 88.5 Å². The van der Waals surface area contributed by atoms with Crippen LogP contribution in [0.25, 0.3) is 0 Å². The maximum Gasteiger partial charge on any atom is 0.325 e. The van der Waals surface area contributed by atoms with E-state index < -0.39 is 109 Å². The number of phenolic OH excluding ortho intramolecular Hbond substituents is 1. The van der Waals surface area contributed by atoms with E-state index in [4.69, 9.17) is 16.6 Å². The molecule has 8 atom stereocenters. The van der Waals surface area contributed by atoms with Gasteiger partial charge in [0.1, 0.15) is 42.0 Å². The monoisotopic (exact) mass is 726 g/mol. The van der Waals surface area contributed by atoms with Crippen LogP contribution in [0.2, 0.25) is 0 Å². The van der Waals surface area contributed by atoms with Crippen LogP contribution >= 0.6 is 0 Å². The quantitative estimate of drug-likeness (QED) is 0.0561. The molecule has 1 aromatic carbocycles. The fourth-order valence-electron chi connectivity index (χ4n) is 4.30. The highest BCUT2D eigenvalue weighted by Gasteiger charge is 2.35. The first-order valence-electron chi connectivity index (χ1n) is 15.6. The van der Waals surface area contributed by atoms with E-state index in [1.165, 1.54) is 24.3 Å². The van der Waals surface area contributed by atoms with Crippen LogP contribution in [0.3, 0.4) is 0 Å². The molecule has 0 unspecified atom stereocenters. The smallest absolute Gasteiger partial charge is 0.325 e. The van der Waals surface area contributed by atoms with E-state index in [1.54, 1.807) is 0 Å². The molecule has 0 aliphatic rings. The number of hydrogen-bond acceptors (Lipinski definition) is 13. The highest BCUT2D eigenvalue weighted by molar-refractivity contribution is 5.97. The average molecular weight is 727 g/mol. The van der Waals surface area contributed by atoms with E-state index in [0.29, 0.717) is 5.56 Å². The molecule has 7 amide bonds. The summed E-state index contributed by atoms with van der Waals surface area (Å²) in [6.07, 6.45) is -4.17. The lowest BCUT2D eigenvalue weighted by Gasteiger charge is -2.28. The molecule has 0 aromatic heterocycles. The number of carboxylic acids is 1. The molecule has 0 aliphatic carbocycles. The second-order valence-corrected chi connectivity index (χ2v) is 11.5. The molecule has 284 valence electrons. The summed E-state index contributed by atoms with van der Waals surface area (Å²) in [5.41, 5.74) is 10.8. The average Bonchev–Trinajstić information content (AvgIpc) is 3.06. The number of aliphatic hydroxyl groups is 3. The number of carbonyl (C=O) groups is 8. The third kappa shape index (κ3) is 15.0. The van der Waals surface area contributed by atoms with E-state index in [-0.39, 0.29) is 25.0 Å². The van der Waals surface area contributed by atoms with Crippen molar-refractivity contribution in [1.82, 2.24) is 31.9 Å². The second-order valence-electron chi connectivity index (χ2n) is 11.5. The number of aliphatic carboxylic acids is 1. The number of hydrogen-bond donors (Lipinski definition) is 13. The standard InChI is InChI=1S/C30H46N8O13/c1-13(30(50)51)33-27(47)20(12-39)36-29(49)24(15(3)41)38-26(46)19(10-16-4-6-17(42)7-5-16)35-28(48)23(14(2)40)37-25(45)18(8-9-21(32)43)34-22(44)11-31/h4-7,13-15,18-20,23-24,39-42H,8-12,31H2,1-3H3,(H2,32,43)(H,33,47)(H,34,44)(H,35,48)(H,36,49)(H,37,45)(H,38,46)(H,50,51)/t13-,14+,15+,18-,19-,20-,23-,24-/m0/s1. The Morgan fingerprint density at radius 3 is 1.59 bits per heavy atom. The van der Waals surface area contributed by atoms with Crippen molar-refractivity contribution in [3.63, 3.8) is 0 Å². The van der Waals surface area contributed by atoms with Crippen LogP contribution in [0, 0.1) is 0 Å². The Hall–Kier alpha value is -5.38. The predicted octanol–water partition coefficient (Wildman–Crippen LogP) is -6.07. The summed E-state index contributed by atoms with van der Waals surface area (Å²) in [7, 11) is 0. The molecule has 0 saturated carbocycles. The van der Waals surface area contributed by atoms with E-state index in [0.717, 1.165) is 20.8 Å². The number of nitrogens with two attached hydrogens (primary N) is 2. The third-order valence-electron chi connectivity index (χ3n) is 7.20. The van der Waals surface area contributed by atoms with Crippen molar-refractivity contribution in [3.05, 3.63) is 29.8 Å². The highest BCUT2D eigenvalue weighted by atomic mass is 16.4. The van der Waals surface area contributed by atoms with E-state index in [2.05, 4.69) is 31.9 Å². The third-order valence-corrected chi connectivity index (χ3v) is 7.20. The lowest BCUT2D eigenvalue weighted by molar-refractivity contribution is -0.142. The maximum atomic E-state index is 13.6. The van der Waals surface area contributed by atoms with Gasteiger partial charge in [-0.2, -0.15) is 0 Å². The summed E-state index contributed by atoms with van der Waals surface area (Å²) in [5, 5.41) is 62.3. The van der Waals surface area contributed by atoms with Crippen molar-refractivity contribution >= 4 is 47.3 Å². The Balaban J connectivity index is 3.32. The Morgan fingerprint density at radius 2 is 1.16 bits per heavy atom. The SMILES string of the molecule is C[C@H](NC(=O)[C@H](CO)NC(=O)[C@@H](NC(=O)[C@H](Cc1ccc(O)cc1)NC(=O)[C@@H](NC(=O)[C@H](CCC(N)=O)NC(=O)CN)[C@@H](C)O)[C@@H](C)O)C(=O)O. The minimum absolute atomic E-state index is 0.126. The summed E-state index contributed by atoms with van der Waals surface area (Å²) in [6, 6.07) is -4.27. The van der Waals surface area contributed by atoms with Gasteiger partial charge in [-0.05, 0) is 44.9 Å². The van der Waals surface area contributed by atoms with Crippen LogP contribution in [-0.4, -0.2) is 134 Å². The van der Waals surface area contributed by atoms with Crippen LogP contribution in [0.1, 0.15) is 39.2 Å². The molecule has 0 aliphatic heterocycles. The fraction of sp³-hybridized carbons (Fsp3) is 0.533. The van der Waals surface area contributed by atoms with E-state index in [9.17, 15) is 58.8 Å². The maximum absolute atomic E-state index is 13.6. The second kappa shape index (κ2) is 21.0. The largest absolute Gasteiger partial charge is 0.508 e. The molecule has 0 fully saturated rings. The van der Waals surface area contributed by atoms with Crippen molar-refractivity contribution < 1.29 is 63.9 Å². The number of carbonyl (C=O) groups excluding carboxylic acids is 7. The molecular formula is C30H46N8O13. The van der Waals surface area contributed by atoms with Gasteiger partial charge in [-0.1, -0.05) is 12.1 Å². The van der Waals surface area contributed by atoms with Gasteiger partial charge >= 0.3 is 5.97 Å². The first-order chi connectivity index (χ1) is 23.8. The molecule has 1 rings (SSSR count). The van der Waals surface area contributed by atoms with Crippen LogP contribution in [0.15, 0.2) is 24.3 Å². The number of nitrogens with one attached hydrogen (secondary N) is 6. The van der Waals surface area contributed by atoms with Gasteiger partial charge in [-0.25, -0.2) is 0 Å². The summed E-state index contributed by atoms with van der Waals surface area (Å²) < 4.78 is 0. The lowest BCUT2D eigenvalue weighted by atomic mass is 10.0. The van der Waals surface area contributed by atoms with Crippen molar-refractivity contribution in [3.8, 4) is 5.75 Å². The predicted molar refractivity (Wildman–Crippen MR) is 175 cm³/mol. The van der Waals surface area contributed by atoms with Crippen molar-refractivity contribution in [2.24, 2.45) is 11.5 Å². The molecule has 15 N–H and O–H groups in total. The molecule has 0 bridgehead atoms. The molecular weight excluding hydrogens is 680 g/mol. The Kier molecular flexibility index (Phi) is 17.9. The molecule has 1 aromatic rings. The zero-order valence-electron chi connectivity index (χ0n) is 28.1. The van der Waals surface area contributed by atoms with Crippen molar-refractivity contribution in [1.29, 1.82) is 0 Å². The van der Waals surface area contributed by atoms with E-state index >= 15 is 0 Å². The zero-order valence-corrected chi connectivity index (χ0v) is 28.1. The topological polar surface area (TPSA) is 362 Å². The van der Waals surface area contributed by atoms with Crippen molar-refractivity contribution in [2.75, 3.05) is 13.2 Å². The molecule has 21 nitrogen and oxygen atoms in total. The number of phenols is 1. The number of aromatic hydroxyl groups is 1. The molecule has 51 heavy (non-hydrogen) atoms. The zero-order chi connectivity index (χ0) is 39.0. The lowest BCUT2D eigenvalue weighted by Crippen LogP contribution is -2.63. The van der Waals surface area contributed by atoms with Gasteiger partial charge in [0, 0.05) is 12.8 Å². The van der Waals surface area contributed by atoms with Gasteiger partial charge in [0.2, 0.25) is 41.4 Å². The first-order valence-corrected chi connectivity index (χ1v) is 15.6. The Bertz CT molecular complexity index is 1410. The molecule has 0 saturated heterocycles. The minimum Gasteiger partial charge on any atom is -0.508 e. The normalized spacial score (nSPS) is 15.6. The number of rotatable bonds is 21. The summed E-state index contributed by atoms with van der Waals surface area (Å²) in [6.45, 7) is 1.87. The number of amides is 7. The number of carboxylic acid groups (broad SMARTS) is 1. The molecule has 0 radical (unpaired) electrons. The van der Waals surface area contributed by atoms with Crippen LogP contribution in [0.4, 0.5) is 0 Å². The van der Waals surface area contributed by atoms with Gasteiger partial charge in [-0.15, -0.1) is 0 Å². The number of aliphatic hydroxyl groups excluding tert-OH is 3. The molecule has 0 heterocycles. The Labute approximate surface area is 291 Å². The van der Waals surface area contributed by atoms with Gasteiger partial charge in [0.05, 0.1) is 25.4 Å².